The van der Waals surface area contributed by atoms with Crippen LogP contribution in [-0.4, -0.2) is 56.3 Å². The number of hydrogen-bond donors (Lipinski definition) is 1. The highest BCUT2D eigenvalue weighted by Crippen LogP contribution is 2.31. The number of nitrogens with zero attached hydrogens (tertiary/aromatic N) is 3. The Balaban J connectivity index is 3.21. The van der Waals surface area contributed by atoms with Gasteiger partial charge < -0.3 is 9.80 Å². The number of anilines is 1. The highest BCUT2D eigenvalue weighted by atomic mass is 19.4. The quantitative estimate of drug-likeness (QED) is 0.488. The van der Waals surface area contributed by atoms with Gasteiger partial charge in [-0.05, 0) is 26.2 Å². The maximum atomic E-state index is 12.3. The number of nitrogens with one attached hydrogen (secondary N) is 1. The average Bonchev–Trinajstić information content (AvgIpc) is 2.41. The molecule has 0 heterocycles. The Labute approximate surface area is 130 Å². The lowest BCUT2D eigenvalue weighted by Gasteiger charge is -2.22. The first kappa shape index (κ1) is 18.7. The SMILES string of the molecule is CN(C)CCN(C)c1cccc(C(=O)NC(F)(F)F)c1[N+](=O)[O-]. The number of alkyl halides is 3. The third-order valence-electron chi connectivity index (χ3n) is 2.99. The minimum absolute atomic E-state index is 0.0756. The zero-order chi connectivity index (χ0) is 17.8. The van der Waals surface area contributed by atoms with Crippen molar-refractivity contribution in [3.05, 3.63) is 33.9 Å². The molecule has 0 atom stereocenters. The third kappa shape index (κ3) is 5.40. The Morgan fingerprint density at radius 2 is 1.87 bits per heavy atom. The first-order chi connectivity index (χ1) is 10.5. The summed E-state index contributed by atoms with van der Waals surface area (Å²) in [7, 11) is 5.20. The molecule has 0 aliphatic rings. The van der Waals surface area contributed by atoms with Crippen LogP contribution in [0.4, 0.5) is 24.5 Å². The molecule has 1 amide bonds. The van der Waals surface area contributed by atoms with Gasteiger partial charge >= 0.3 is 12.0 Å². The summed E-state index contributed by atoms with van der Waals surface area (Å²) in [5.74, 6) is -1.56. The van der Waals surface area contributed by atoms with Crippen molar-refractivity contribution in [3.8, 4) is 0 Å². The molecule has 0 aliphatic carbocycles. The molecule has 0 saturated carbocycles. The van der Waals surface area contributed by atoms with Gasteiger partial charge in [0, 0.05) is 20.1 Å². The second-order valence-corrected chi connectivity index (χ2v) is 5.11. The number of para-hydroxylation sites is 1. The van der Waals surface area contributed by atoms with Gasteiger partial charge in [0.05, 0.1) is 4.92 Å². The number of benzene rings is 1. The fourth-order valence-electron chi connectivity index (χ4n) is 1.88. The van der Waals surface area contributed by atoms with Crippen LogP contribution in [0, 0.1) is 10.1 Å². The predicted octanol–water partition coefficient (Wildman–Crippen LogP) is 1.84. The summed E-state index contributed by atoms with van der Waals surface area (Å²) in [5.41, 5.74) is -1.22. The molecule has 1 rings (SSSR count). The molecular weight excluding hydrogens is 317 g/mol. The molecule has 0 fully saturated rings. The number of likely N-dealkylation sites (N-methyl/N-ethyl adjacent to an activating group) is 2. The Kier molecular flexibility index (Phi) is 5.91. The zero-order valence-corrected chi connectivity index (χ0v) is 12.8. The summed E-state index contributed by atoms with van der Waals surface area (Å²) < 4.78 is 36.8. The molecule has 0 aromatic heterocycles. The van der Waals surface area contributed by atoms with Crippen LogP contribution in [0.3, 0.4) is 0 Å². The molecule has 23 heavy (non-hydrogen) atoms. The average molecular weight is 334 g/mol. The molecule has 0 radical (unpaired) electrons. The highest BCUT2D eigenvalue weighted by Gasteiger charge is 2.34. The van der Waals surface area contributed by atoms with E-state index in [4.69, 9.17) is 0 Å². The number of carbonyl (C=O) groups excluding carboxylic acids is 1. The Bertz CT molecular complexity index is 590. The van der Waals surface area contributed by atoms with Crippen molar-refractivity contribution >= 4 is 17.3 Å². The molecule has 10 heteroatoms. The molecular formula is C13H17F3N4O3. The van der Waals surface area contributed by atoms with Gasteiger partial charge in [-0.2, -0.15) is 13.2 Å². The van der Waals surface area contributed by atoms with Gasteiger partial charge in [0.15, 0.2) is 0 Å². The van der Waals surface area contributed by atoms with E-state index in [0.29, 0.717) is 13.1 Å². The summed E-state index contributed by atoms with van der Waals surface area (Å²) >= 11 is 0. The first-order valence-corrected chi connectivity index (χ1v) is 6.55. The number of nitro benzene ring substituents is 1. The number of hydrogen-bond acceptors (Lipinski definition) is 5. The van der Waals surface area contributed by atoms with Gasteiger partial charge in [-0.25, -0.2) is 0 Å². The Morgan fingerprint density at radius 1 is 1.26 bits per heavy atom. The molecule has 1 aromatic carbocycles. The number of halogens is 3. The minimum Gasteiger partial charge on any atom is -0.368 e. The van der Waals surface area contributed by atoms with Crippen LogP contribution in [0.5, 0.6) is 0 Å². The van der Waals surface area contributed by atoms with E-state index in [1.807, 2.05) is 19.0 Å². The van der Waals surface area contributed by atoms with E-state index in [9.17, 15) is 28.1 Å². The molecule has 7 nitrogen and oxygen atoms in total. The van der Waals surface area contributed by atoms with E-state index < -0.39 is 28.4 Å². The van der Waals surface area contributed by atoms with Crippen LogP contribution >= 0.6 is 0 Å². The van der Waals surface area contributed by atoms with E-state index >= 15 is 0 Å². The van der Waals surface area contributed by atoms with Gasteiger partial charge in [-0.3, -0.25) is 20.2 Å². The number of rotatable bonds is 6. The van der Waals surface area contributed by atoms with Gasteiger partial charge in [0.2, 0.25) is 0 Å². The molecule has 0 spiro atoms. The van der Waals surface area contributed by atoms with Gasteiger partial charge in [-0.15, -0.1) is 0 Å². The fourth-order valence-corrected chi connectivity index (χ4v) is 1.88. The maximum Gasteiger partial charge on any atom is 0.484 e. The lowest BCUT2D eigenvalue weighted by molar-refractivity contribution is -0.384. The highest BCUT2D eigenvalue weighted by molar-refractivity contribution is 6.00. The molecule has 0 saturated heterocycles. The topological polar surface area (TPSA) is 78.7 Å². The Morgan fingerprint density at radius 3 is 2.35 bits per heavy atom. The largest absolute Gasteiger partial charge is 0.484 e. The van der Waals surface area contributed by atoms with Crippen LogP contribution in [-0.2, 0) is 0 Å². The lowest BCUT2D eigenvalue weighted by Crippen LogP contribution is -2.37. The van der Waals surface area contributed by atoms with Crippen molar-refractivity contribution in [2.24, 2.45) is 0 Å². The summed E-state index contributed by atoms with van der Waals surface area (Å²) in [6.45, 7) is 0.977. The monoisotopic (exact) mass is 334 g/mol. The van der Waals surface area contributed by atoms with E-state index in [1.165, 1.54) is 17.0 Å². The van der Waals surface area contributed by atoms with Crippen LogP contribution in [0.15, 0.2) is 18.2 Å². The van der Waals surface area contributed by atoms with Crippen LogP contribution in [0.25, 0.3) is 0 Å². The summed E-state index contributed by atoms with van der Waals surface area (Å²) in [6.07, 6.45) is -4.96. The lowest BCUT2D eigenvalue weighted by atomic mass is 10.1. The number of nitro groups is 1. The number of carbonyl (C=O) groups is 1. The van der Waals surface area contributed by atoms with Crippen LogP contribution in [0.1, 0.15) is 10.4 Å². The molecule has 1 aromatic rings. The predicted molar refractivity (Wildman–Crippen MR) is 78.4 cm³/mol. The molecule has 0 unspecified atom stereocenters. The van der Waals surface area contributed by atoms with Crippen molar-refractivity contribution in [1.29, 1.82) is 0 Å². The van der Waals surface area contributed by atoms with Crippen LogP contribution < -0.4 is 10.2 Å². The first-order valence-electron chi connectivity index (χ1n) is 6.55. The van der Waals surface area contributed by atoms with Crippen molar-refractivity contribution in [3.63, 3.8) is 0 Å². The van der Waals surface area contributed by atoms with E-state index in [-0.39, 0.29) is 5.69 Å². The smallest absolute Gasteiger partial charge is 0.368 e. The van der Waals surface area contributed by atoms with Crippen molar-refractivity contribution < 1.29 is 22.9 Å². The summed E-state index contributed by atoms with van der Waals surface area (Å²) in [6, 6.07) is 3.68. The molecule has 0 aliphatic heterocycles. The van der Waals surface area contributed by atoms with Crippen LogP contribution in [0.2, 0.25) is 0 Å². The second kappa shape index (κ2) is 7.27. The van der Waals surface area contributed by atoms with Gasteiger partial charge in [-0.1, -0.05) is 6.07 Å². The van der Waals surface area contributed by atoms with E-state index in [1.54, 1.807) is 7.05 Å². The molecule has 1 N–H and O–H groups in total. The van der Waals surface area contributed by atoms with Crippen molar-refractivity contribution in [1.82, 2.24) is 10.2 Å². The summed E-state index contributed by atoms with van der Waals surface area (Å²) in [4.78, 5) is 25.4. The third-order valence-corrected chi connectivity index (χ3v) is 2.99. The normalized spacial score (nSPS) is 11.4. The maximum absolute atomic E-state index is 12.3. The van der Waals surface area contributed by atoms with E-state index in [0.717, 1.165) is 11.4 Å². The fraction of sp³-hybridized carbons (Fsp3) is 0.462. The van der Waals surface area contributed by atoms with Gasteiger partial charge in [0.1, 0.15) is 11.3 Å². The van der Waals surface area contributed by atoms with Crippen molar-refractivity contribution in [2.45, 2.75) is 6.30 Å². The summed E-state index contributed by atoms with van der Waals surface area (Å²) in [5, 5.41) is 12.0. The van der Waals surface area contributed by atoms with Gasteiger partial charge in [0.25, 0.3) is 5.91 Å². The second-order valence-electron chi connectivity index (χ2n) is 5.11. The zero-order valence-electron chi connectivity index (χ0n) is 12.8. The number of amides is 1. The Hall–Kier alpha value is -2.36. The minimum atomic E-state index is -4.96. The van der Waals surface area contributed by atoms with E-state index in [2.05, 4.69) is 0 Å². The van der Waals surface area contributed by atoms with Crippen molar-refractivity contribution in [2.75, 3.05) is 39.1 Å². The molecule has 0 bridgehead atoms. The standard InChI is InChI=1S/C13H17F3N4O3/c1-18(2)7-8-19(3)10-6-4-5-9(11(10)20(22)23)12(21)17-13(14,15)16/h4-6H,7-8H2,1-3H3,(H,17,21). The molecule has 128 valence electrons.